The summed E-state index contributed by atoms with van der Waals surface area (Å²) in [5.74, 6) is 3.30. The monoisotopic (exact) mass is 617 g/mol. The van der Waals surface area contributed by atoms with Crippen LogP contribution in [0.3, 0.4) is 0 Å². The molecule has 6 nitrogen and oxygen atoms in total. The van der Waals surface area contributed by atoms with Crippen LogP contribution >= 0.6 is 22.6 Å². The Hall–Kier alpha value is -3.85. The maximum atomic E-state index is 13.4. The molecule has 0 aliphatic rings. The molecule has 0 saturated heterocycles. The number of alkyl halides is 3. The molecule has 0 radical (unpaired) electrons. The predicted octanol–water partition coefficient (Wildman–Crippen LogP) is 5.98. The average Bonchev–Trinajstić information content (AvgIpc) is 2.87. The van der Waals surface area contributed by atoms with Crippen molar-refractivity contribution in [1.29, 1.82) is 0 Å². The second kappa shape index (κ2) is 11.0. The van der Waals surface area contributed by atoms with Gasteiger partial charge in [0.15, 0.2) is 17.3 Å². The third kappa shape index (κ3) is 5.77. The van der Waals surface area contributed by atoms with Crippen molar-refractivity contribution in [2.75, 3.05) is 13.2 Å². The lowest BCUT2D eigenvalue weighted by molar-refractivity contribution is -0.137. The van der Waals surface area contributed by atoms with Gasteiger partial charge in [-0.1, -0.05) is 30.2 Å². The van der Waals surface area contributed by atoms with Crippen LogP contribution in [-0.4, -0.2) is 29.1 Å². The molecule has 0 amide bonds. The lowest BCUT2D eigenvalue weighted by Gasteiger charge is -2.14. The fraction of sp³-hybridized carbons (Fsp3) is 0.148. The molecule has 3 aromatic carbocycles. The molecule has 0 bridgehead atoms. The summed E-state index contributed by atoms with van der Waals surface area (Å²) < 4.78 is 53.1. The molecule has 0 N–H and O–H groups in total. The zero-order valence-corrected chi connectivity index (χ0v) is 21.6. The average molecular weight is 617 g/mol. The molecule has 188 valence electrons. The molecule has 0 unspecified atom stereocenters. The normalized spacial score (nSPS) is 11.6. The molecule has 0 atom stereocenters. The largest absolute Gasteiger partial charge is 0.490 e. The highest BCUT2D eigenvalue weighted by atomic mass is 127. The van der Waals surface area contributed by atoms with Gasteiger partial charge in [0, 0.05) is 5.56 Å². The van der Waals surface area contributed by atoms with E-state index in [2.05, 4.69) is 38.6 Å². The van der Waals surface area contributed by atoms with Crippen molar-refractivity contribution in [2.45, 2.75) is 13.1 Å². The Labute approximate surface area is 223 Å². The van der Waals surface area contributed by atoms with Gasteiger partial charge >= 0.3 is 6.18 Å². The number of nitrogens with zero attached hydrogens (tertiary/aromatic N) is 3. The van der Waals surface area contributed by atoms with Crippen LogP contribution in [0.25, 0.3) is 22.3 Å². The van der Waals surface area contributed by atoms with Crippen molar-refractivity contribution in [3.05, 3.63) is 85.7 Å². The van der Waals surface area contributed by atoms with E-state index in [0.29, 0.717) is 32.8 Å². The van der Waals surface area contributed by atoms with E-state index in [1.54, 1.807) is 36.4 Å². The van der Waals surface area contributed by atoms with Crippen LogP contribution in [0.2, 0.25) is 0 Å². The predicted molar refractivity (Wildman–Crippen MR) is 144 cm³/mol. The van der Waals surface area contributed by atoms with E-state index in [0.717, 1.165) is 16.8 Å². The first kappa shape index (κ1) is 26.2. The first-order valence-electron chi connectivity index (χ1n) is 11.0. The van der Waals surface area contributed by atoms with Crippen molar-refractivity contribution in [3.63, 3.8) is 0 Å². The number of aromatic nitrogens is 2. The summed E-state index contributed by atoms with van der Waals surface area (Å²) in [6.07, 6.45) is 2.15. The van der Waals surface area contributed by atoms with Crippen molar-refractivity contribution in [3.8, 4) is 35.2 Å². The van der Waals surface area contributed by atoms with Gasteiger partial charge < -0.3 is 9.47 Å². The second-order valence-electron chi connectivity index (χ2n) is 7.65. The summed E-state index contributed by atoms with van der Waals surface area (Å²) in [6.45, 7) is 2.25. The Bertz CT molecular complexity index is 1590. The number of rotatable bonds is 7. The van der Waals surface area contributed by atoms with Crippen molar-refractivity contribution < 1.29 is 22.6 Å². The van der Waals surface area contributed by atoms with Crippen LogP contribution < -0.4 is 15.0 Å². The van der Waals surface area contributed by atoms with Gasteiger partial charge in [0.2, 0.25) is 0 Å². The Balaban J connectivity index is 1.87. The minimum atomic E-state index is -4.56. The number of fused-ring (bicyclic) bond motifs is 1. The summed E-state index contributed by atoms with van der Waals surface area (Å²) in [4.78, 5) is 17.8. The lowest BCUT2D eigenvalue weighted by atomic mass is 10.1. The fourth-order valence-corrected chi connectivity index (χ4v) is 4.34. The zero-order chi connectivity index (χ0) is 26.6. The minimum Gasteiger partial charge on any atom is -0.490 e. The molecule has 4 rings (SSSR count). The molecule has 4 aromatic rings. The highest BCUT2D eigenvalue weighted by molar-refractivity contribution is 14.1. The topological polar surface area (TPSA) is 65.7 Å². The van der Waals surface area contributed by atoms with Crippen molar-refractivity contribution in [1.82, 2.24) is 9.66 Å². The molecule has 1 heterocycles. The van der Waals surface area contributed by atoms with Crippen LogP contribution in [0, 0.1) is 15.9 Å². The van der Waals surface area contributed by atoms with E-state index in [1.807, 2.05) is 6.92 Å². The van der Waals surface area contributed by atoms with Crippen LogP contribution in [0.15, 0.2) is 70.6 Å². The quantitative estimate of drug-likeness (QED) is 0.146. The van der Waals surface area contributed by atoms with E-state index >= 15 is 0 Å². The van der Waals surface area contributed by atoms with E-state index in [1.165, 1.54) is 18.3 Å². The van der Waals surface area contributed by atoms with Crippen LogP contribution in [-0.2, 0) is 6.18 Å². The number of para-hydroxylation sites is 1. The van der Waals surface area contributed by atoms with Gasteiger partial charge in [-0.2, -0.15) is 22.9 Å². The summed E-state index contributed by atoms with van der Waals surface area (Å²) in [6, 6.07) is 14.6. The Morgan fingerprint density at radius 2 is 1.92 bits per heavy atom. The van der Waals surface area contributed by atoms with Gasteiger partial charge in [-0.3, -0.25) is 4.79 Å². The fourth-order valence-electron chi connectivity index (χ4n) is 3.56. The number of benzene rings is 3. The highest BCUT2D eigenvalue weighted by Gasteiger charge is 2.31. The molecule has 0 saturated carbocycles. The molecule has 1 aromatic heterocycles. The third-order valence-corrected chi connectivity index (χ3v) is 5.96. The maximum Gasteiger partial charge on any atom is 0.416 e. The molecular formula is C27H19F3IN3O3. The van der Waals surface area contributed by atoms with Gasteiger partial charge in [0.05, 0.1) is 32.9 Å². The Morgan fingerprint density at radius 1 is 1.14 bits per heavy atom. The molecule has 0 aliphatic carbocycles. The van der Waals surface area contributed by atoms with E-state index < -0.39 is 17.3 Å². The van der Waals surface area contributed by atoms with E-state index in [4.69, 9.17) is 15.9 Å². The van der Waals surface area contributed by atoms with E-state index in [9.17, 15) is 18.0 Å². The van der Waals surface area contributed by atoms with Crippen molar-refractivity contribution >= 4 is 39.7 Å². The summed E-state index contributed by atoms with van der Waals surface area (Å²) >= 11 is 2.07. The molecule has 0 spiro atoms. The third-order valence-electron chi connectivity index (χ3n) is 5.16. The molecule has 0 aliphatic heterocycles. The Morgan fingerprint density at radius 3 is 2.65 bits per heavy atom. The van der Waals surface area contributed by atoms with Gasteiger partial charge in [-0.25, -0.2) is 4.98 Å². The van der Waals surface area contributed by atoms with Crippen LogP contribution in [0.1, 0.15) is 18.1 Å². The van der Waals surface area contributed by atoms with Gasteiger partial charge in [0.1, 0.15) is 6.61 Å². The summed E-state index contributed by atoms with van der Waals surface area (Å²) in [5, 5.41) is 4.61. The Kier molecular flexibility index (Phi) is 7.83. The summed E-state index contributed by atoms with van der Waals surface area (Å²) in [5.41, 5.74) is -0.382. The molecular weight excluding hydrogens is 598 g/mol. The maximum absolute atomic E-state index is 13.4. The highest BCUT2D eigenvalue weighted by Crippen LogP contribution is 2.34. The van der Waals surface area contributed by atoms with Gasteiger partial charge in [-0.15, -0.1) is 6.42 Å². The number of halogens is 4. The van der Waals surface area contributed by atoms with Crippen LogP contribution in [0.4, 0.5) is 13.2 Å². The zero-order valence-electron chi connectivity index (χ0n) is 19.4. The van der Waals surface area contributed by atoms with Crippen LogP contribution in [0.5, 0.6) is 11.5 Å². The number of ether oxygens (including phenoxy) is 2. The SMILES string of the molecule is C#CCOc1c(I)cc(C=Nn2c(-c3cccc(C(F)(F)F)c3)nc3ccccc3c2=O)cc1OCC. The minimum absolute atomic E-state index is 0.0280. The van der Waals surface area contributed by atoms with Gasteiger partial charge in [-0.05, 0) is 71.5 Å². The first-order chi connectivity index (χ1) is 17.7. The van der Waals surface area contributed by atoms with Crippen molar-refractivity contribution in [2.24, 2.45) is 5.10 Å². The lowest BCUT2D eigenvalue weighted by Crippen LogP contribution is -2.20. The molecule has 0 fully saturated rings. The van der Waals surface area contributed by atoms with E-state index in [-0.39, 0.29) is 23.4 Å². The first-order valence-corrected chi connectivity index (χ1v) is 12.1. The smallest absolute Gasteiger partial charge is 0.416 e. The van der Waals surface area contributed by atoms with Gasteiger partial charge in [0.25, 0.3) is 5.56 Å². The standard InChI is InChI=1S/C27H19F3IN3O3/c1-3-12-37-24-21(31)13-17(14-23(24)36-4-2)16-32-34-25(18-8-7-9-19(15-18)27(28,29)30)33-22-11-6-5-10-20(22)26(34)35/h1,5-11,13-16H,4,12H2,2H3. The number of hydrogen-bond donors (Lipinski definition) is 0. The molecule has 10 heteroatoms. The molecule has 37 heavy (non-hydrogen) atoms. The second-order valence-corrected chi connectivity index (χ2v) is 8.81. The number of hydrogen-bond acceptors (Lipinski definition) is 5. The summed E-state index contributed by atoms with van der Waals surface area (Å²) in [7, 11) is 0. The number of terminal acetylenes is 1.